The highest BCUT2D eigenvalue weighted by atomic mass is 32.1. The zero-order valence-corrected chi connectivity index (χ0v) is 11.6. The molecule has 0 aliphatic carbocycles. The molecule has 0 radical (unpaired) electrons. The van der Waals surface area contributed by atoms with Gasteiger partial charge in [-0.3, -0.25) is 0 Å². The van der Waals surface area contributed by atoms with Crippen LogP contribution in [0.5, 0.6) is 0 Å². The van der Waals surface area contributed by atoms with Crippen molar-refractivity contribution in [1.29, 1.82) is 0 Å². The summed E-state index contributed by atoms with van der Waals surface area (Å²) in [6.07, 6.45) is 0. The molecule has 0 bridgehead atoms. The standard InChI is InChI=1S/C15H15N3OS/c16-15(17)18-13-8-6-12(7-9-13)14(20)19-10-11-4-2-1-3-5-11/h1-9H,10H2,(H4,16,17,18). The van der Waals surface area contributed by atoms with E-state index in [0.717, 1.165) is 11.1 Å². The summed E-state index contributed by atoms with van der Waals surface area (Å²) in [5.74, 6) is 0.0284. The van der Waals surface area contributed by atoms with Gasteiger partial charge in [0.2, 0.25) is 0 Å². The Kier molecular flexibility index (Phi) is 4.68. The Hall–Kier alpha value is -2.40. The molecule has 4 N–H and O–H groups in total. The van der Waals surface area contributed by atoms with Crippen molar-refractivity contribution in [3.8, 4) is 0 Å². The lowest BCUT2D eigenvalue weighted by Crippen LogP contribution is -2.21. The molecule has 2 rings (SSSR count). The van der Waals surface area contributed by atoms with Gasteiger partial charge in [0.05, 0.1) is 5.69 Å². The average Bonchev–Trinajstić information content (AvgIpc) is 2.46. The van der Waals surface area contributed by atoms with E-state index >= 15 is 0 Å². The van der Waals surface area contributed by atoms with Gasteiger partial charge in [-0.1, -0.05) is 30.3 Å². The molecule has 0 aliphatic heterocycles. The largest absolute Gasteiger partial charge is 0.478 e. The Morgan fingerprint density at radius 2 is 1.65 bits per heavy atom. The number of nitrogens with two attached hydrogens (primary N) is 2. The molecule has 0 aromatic heterocycles. The summed E-state index contributed by atoms with van der Waals surface area (Å²) >= 11 is 5.24. The third-order valence-electron chi connectivity index (χ3n) is 2.57. The van der Waals surface area contributed by atoms with Crippen LogP contribution in [-0.4, -0.2) is 11.0 Å². The Labute approximate surface area is 123 Å². The first kappa shape index (κ1) is 14.0. The lowest BCUT2D eigenvalue weighted by molar-refractivity contribution is 0.302. The van der Waals surface area contributed by atoms with Crippen molar-refractivity contribution in [2.45, 2.75) is 6.61 Å². The van der Waals surface area contributed by atoms with E-state index in [1.54, 1.807) is 12.1 Å². The third-order valence-corrected chi connectivity index (χ3v) is 2.93. The van der Waals surface area contributed by atoms with Crippen LogP contribution in [-0.2, 0) is 11.3 Å². The second kappa shape index (κ2) is 6.68. The van der Waals surface area contributed by atoms with Gasteiger partial charge in [-0.25, -0.2) is 4.99 Å². The van der Waals surface area contributed by atoms with Crippen LogP contribution in [0.15, 0.2) is 59.6 Å². The smallest absolute Gasteiger partial charge is 0.191 e. The molecule has 0 saturated heterocycles. The molecule has 102 valence electrons. The van der Waals surface area contributed by atoms with Crippen LogP contribution >= 0.6 is 12.2 Å². The molecule has 0 fully saturated rings. The molecule has 0 aliphatic rings. The van der Waals surface area contributed by atoms with E-state index in [0.29, 0.717) is 17.3 Å². The SMILES string of the molecule is NC(N)=Nc1ccc(C(=S)OCc2ccccc2)cc1. The highest BCUT2D eigenvalue weighted by Crippen LogP contribution is 2.14. The lowest BCUT2D eigenvalue weighted by Gasteiger charge is -2.07. The zero-order chi connectivity index (χ0) is 14.4. The minimum atomic E-state index is 0.0284. The quantitative estimate of drug-likeness (QED) is 0.514. The summed E-state index contributed by atoms with van der Waals surface area (Å²) in [5.41, 5.74) is 13.2. The van der Waals surface area contributed by atoms with Crippen molar-refractivity contribution in [2.24, 2.45) is 16.5 Å². The molecule has 20 heavy (non-hydrogen) atoms. The number of ether oxygens (including phenoxy) is 1. The van der Waals surface area contributed by atoms with E-state index < -0.39 is 0 Å². The summed E-state index contributed by atoms with van der Waals surface area (Å²) in [5, 5.41) is 0.449. The van der Waals surface area contributed by atoms with Crippen LogP contribution in [0.1, 0.15) is 11.1 Å². The number of hydrogen-bond acceptors (Lipinski definition) is 3. The number of hydrogen-bond donors (Lipinski definition) is 2. The van der Waals surface area contributed by atoms with E-state index in [1.807, 2.05) is 42.5 Å². The van der Waals surface area contributed by atoms with Crippen molar-refractivity contribution < 1.29 is 4.74 Å². The molecule has 5 heteroatoms. The second-order valence-corrected chi connectivity index (χ2v) is 4.52. The third kappa shape index (κ3) is 4.07. The number of guanidine groups is 1. The van der Waals surface area contributed by atoms with E-state index in [2.05, 4.69) is 4.99 Å². The average molecular weight is 285 g/mol. The van der Waals surface area contributed by atoms with Crippen LogP contribution in [0.3, 0.4) is 0 Å². The van der Waals surface area contributed by atoms with E-state index in [4.69, 9.17) is 28.4 Å². The summed E-state index contributed by atoms with van der Waals surface area (Å²) in [4.78, 5) is 3.94. The van der Waals surface area contributed by atoms with Crippen LogP contribution in [0.4, 0.5) is 5.69 Å². The molecule has 2 aromatic rings. The van der Waals surface area contributed by atoms with Crippen molar-refractivity contribution in [1.82, 2.24) is 0 Å². The maximum atomic E-state index is 5.58. The van der Waals surface area contributed by atoms with Crippen molar-refractivity contribution >= 4 is 28.9 Å². The normalized spacial score (nSPS) is 9.80. The highest BCUT2D eigenvalue weighted by Gasteiger charge is 2.03. The first-order chi connectivity index (χ1) is 9.65. The minimum absolute atomic E-state index is 0.0284. The van der Waals surface area contributed by atoms with Gasteiger partial charge in [-0.05, 0) is 42.0 Å². The van der Waals surface area contributed by atoms with Crippen LogP contribution in [0.25, 0.3) is 0 Å². The Morgan fingerprint density at radius 3 is 2.25 bits per heavy atom. The lowest BCUT2D eigenvalue weighted by atomic mass is 10.2. The number of rotatable bonds is 4. The first-order valence-corrected chi connectivity index (χ1v) is 6.47. The summed E-state index contributed by atoms with van der Waals surface area (Å²) in [6, 6.07) is 17.1. The van der Waals surface area contributed by atoms with E-state index in [9.17, 15) is 0 Å². The minimum Gasteiger partial charge on any atom is -0.478 e. The Bertz CT molecular complexity index is 605. The maximum Gasteiger partial charge on any atom is 0.191 e. The molecule has 2 aromatic carbocycles. The Morgan fingerprint density at radius 1 is 1.00 bits per heavy atom. The fourth-order valence-corrected chi connectivity index (χ4v) is 1.82. The van der Waals surface area contributed by atoms with Gasteiger partial charge < -0.3 is 16.2 Å². The molecular weight excluding hydrogens is 270 g/mol. The Balaban J connectivity index is 1.97. The monoisotopic (exact) mass is 285 g/mol. The van der Waals surface area contributed by atoms with Crippen molar-refractivity contribution in [2.75, 3.05) is 0 Å². The van der Waals surface area contributed by atoms with E-state index in [1.165, 1.54) is 0 Å². The first-order valence-electron chi connectivity index (χ1n) is 6.06. The fraction of sp³-hybridized carbons (Fsp3) is 0.0667. The predicted octanol–water partition coefficient (Wildman–Crippen LogP) is 2.48. The predicted molar refractivity (Wildman–Crippen MR) is 84.8 cm³/mol. The molecule has 0 saturated carbocycles. The number of benzene rings is 2. The van der Waals surface area contributed by atoms with Gasteiger partial charge in [0.25, 0.3) is 0 Å². The maximum absolute atomic E-state index is 5.58. The van der Waals surface area contributed by atoms with Gasteiger partial charge in [0, 0.05) is 5.56 Å². The van der Waals surface area contributed by atoms with Crippen molar-refractivity contribution in [3.63, 3.8) is 0 Å². The number of aliphatic imine (C=N–C) groups is 1. The van der Waals surface area contributed by atoms with Gasteiger partial charge >= 0.3 is 0 Å². The molecule has 0 spiro atoms. The molecule has 0 heterocycles. The summed E-state index contributed by atoms with van der Waals surface area (Å²) in [6.45, 7) is 0.454. The summed E-state index contributed by atoms with van der Waals surface area (Å²) < 4.78 is 5.58. The highest BCUT2D eigenvalue weighted by molar-refractivity contribution is 7.80. The second-order valence-electron chi connectivity index (χ2n) is 4.15. The van der Waals surface area contributed by atoms with Crippen LogP contribution in [0.2, 0.25) is 0 Å². The number of nitrogens with zero attached hydrogens (tertiary/aromatic N) is 1. The van der Waals surface area contributed by atoms with Crippen LogP contribution in [0, 0.1) is 0 Å². The topological polar surface area (TPSA) is 73.6 Å². The molecule has 0 atom stereocenters. The summed E-state index contributed by atoms with van der Waals surface area (Å²) in [7, 11) is 0. The van der Waals surface area contributed by atoms with Crippen molar-refractivity contribution in [3.05, 3.63) is 65.7 Å². The molecular formula is C15H15N3OS. The van der Waals surface area contributed by atoms with Gasteiger partial charge in [-0.2, -0.15) is 0 Å². The van der Waals surface area contributed by atoms with Crippen LogP contribution < -0.4 is 11.5 Å². The number of thiocarbonyl (C=S) groups is 1. The zero-order valence-electron chi connectivity index (χ0n) is 10.8. The fourth-order valence-electron chi connectivity index (χ4n) is 1.63. The molecule has 0 unspecified atom stereocenters. The van der Waals surface area contributed by atoms with Gasteiger partial charge in [0.1, 0.15) is 6.61 Å². The molecule has 4 nitrogen and oxygen atoms in total. The van der Waals surface area contributed by atoms with E-state index in [-0.39, 0.29) is 5.96 Å². The molecule has 0 amide bonds. The van der Waals surface area contributed by atoms with Gasteiger partial charge in [-0.15, -0.1) is 0 Å². The van der Waals surface area contributed by atoms with Gasteiger partial charge in [0.15, 0.2) is 11.0 Å².